The topological polar surface area (TPSA) is 72.2 Å². The van der Waals surface area contributed by atoms with Gasteiger partial charge in [-0.2, -0.15) is 0 Å². The van der Waals surface area contributed by atoms with Gasteiger partial charge in [0.1, 0.15) is 0 Å². The average molecular weight is 304 g/mol. The van der Waals surface area contributed by atoms with Crippen molar-refractivity contribution >= 4 is 15.7 Å². The molecule has 0 radical (unpaired) electrons. The number of nitrogen functional groups attached to an aromatic ring is 1. The van der Waals surface area contributed by atoms with Gasteiger partial charge >= 0.3 is 0 Å². The third-order valence-corrected chi connectivity index (χ3v) is 5.09. The van der Waals surface area contributed by atoms with Crippen LogP contribution < -0.4 is 10.5 Å². The zero-order valence-electron chi connectivity index (χ0n) is 12.4. The number of anilines is 1. The first-order valence-corrected chi connectivity index (χ1v) is 8.23. The van der Waals surface area contributed by atoms with Gasteiger partial charge in [-0.25, -0.2) is 13.1 Å². The summed E-state index contributed by atoms with van der Waals surface area (Å²) >= 11 is 0. The van der Waals surface area contributed by atoms with E-state index < -0.39 is 10.0 Å². The maximum absolute atomic E-state index is 12.5. The summed E-state index contributed by atoms with van der Waals surface area (Å²) in [6, 6.07) is 12.2. The maximum atomic E-state index is 12.5. The van der Waals surface area contributed by atoms with Crippen LogP contribution in [-0.4, -0.2) is 8.42 Å². The molecule has 1 unspecified atom stereocenters. The summed E-state index contributed by atoms with van der Waals surface area (Å²) in [4.78, 5) is 0.315. The zero-order valence-corrected chi connectivity index (χ0v) is 13.2. The Morgan fingerprint density at radius 1 is 1.05 bits per heavy atom. The van der Waals surface area contributed by atoms with Crippen LogP contribution in [0.5, 0.6) is 0 Å². The highest BCUT2D eigenvalue weighted by atomic mass is 32.2. The van der Waals surface area contributed by atoms with E-state index in [1.165, 1.54) is 0 Å². The molecule has 0 heterocycles. The fourth-order valence-electron chi connectivity index (χ4n) is 2.25. The molecule has 4 nitrogen and oxygen atoms in total. The third kappa shape index (κ3) is 3.62. The van der Waals surface area contributed by atoms with Gasteiger partial charge in [0.25, 0.3) is 0 Å². The molecule has 0 bridgehead atoms. The van der Waals surface area contributed by atoms with Gasteiger partial charge in [-0.3, -0.25) is 0 Å². The van der Waals surface area contributed by atoms with E-state index in [9.17, 15) is 8.42 Å². The van der Waals surface area contributed by atoms with Gasteiger partial charge in [-0.1, -0.05) is 29.8 Å². The van der Waals surface area contributed by atoms with Crippen LogP contribution in [0.2, 0.25) is 0 Å². The minimum atomic E-state index is -3.55. The van der Waals surface area contributed by atoms with Gasteiger partial charge in [-0.15, -0.1) is 0 Å². The first kappa shape index (κ1) is 15.5. The van der Waals surface area contributed by atoms with Crippen molar-refractivity contribution in [2.45, 2.75) is 31.7 Å². The largest absolute Gasteiger partial charge is 0.399 e. The smallest absolute Gasteiger partial charge is 0.241 e. The van der Waals surface area contributed by atoms with Crippen molar-refractivity contribution < 1.29 is 8.42 Å². The molecule has 112 valence electrons. The summed E-state index contributed by atoms with van der Waals surface area (Å²) in [5.74, 6) is 0. The van der Waals surface area contributed by atoms with E-state index in [4.69, 9.17) is 5.73 Å². The molecular formula is C16H20N2O2S. The molecule has 3 N–H and O–H groups in total. The normalized spacial score (nSPS) is 13.1. The van der Waals surface area contributed by atoms with E-state index in [0.717, 1.165) is 16.7 Å². The standard InChI is InChI=1S/C16H20N2O2S/c1-11-4-9-16(12(2)10-11)21(19,20)18-13(3)14-5-7-15(17)8-6-14/h4-10,13,18H,17H2,1-3H3. The van der Waals surface area contributed by atoms with Gasteiger partial charge in [-0.05, 0) is 50.1 Å². The number of sulfonamides is 1. The van der Waals surface area contributed by atoms with Crippen molar-refractivity contribution in [1.29, 1.82) is 0 Å². The van der Waals surface area contributed by atoms with E-state index in [1.54, 1.807) is 31.2 Å². The summed E-state index contributed by atoms with van der Waals surface area (Å²) in [6.07, 6.45) is 0. The lowest BCUT2D eigenvalue weighted by atomic mass is 10.1. The molecule has 0 saturated heterocycles. The molecular weight excluding hydrogens is 284 g/mol. The number of aryl methyl sites for hydroxylation is 2. The maximum Gasteiger partial charge on any atom is 0.241 e. The van der Waals surface area contributed by atoms with Gasteiger partial charge in [0.2, 0.25) is 10.0 Å². The summed E-state index contributed by atoms with van der Waals surface area (Å²) in [5, 5.41) is 0. The summed E-state index contributed by atoms with van der Waals surface area (Å²) < 4.78 is 27.7. The van der Waals surface area contributed by atoms with Crippen LogP contribution in [0.15, 0.2) is 47.4 Å². The second kappa shape index (κ2) is 5.87. The predicted octanol–water partition coefficient (Wildman–Crippen LogP) is 2.93. The number of hydrogen-bond acceptors (Lipinski definition) is 3. The Kier molecular flexibility index (Phi) is 4.34. The summed E-state index contributed by atoms with van der Waals surface area (Å²) in [5.41, 5.74) is 8.95. The Morgan fingerprint density at radius 3 is 2.24 bits per heavy atom. The van der Waals surface area contributed by atoms with Crippen molar-refractivity contribution in [2.24, 2.45) is 0 Å². The molecule has 0 fully saturated rings. The first-order valence-electron chi connectivity index (χ1n) is 6.74. The Bertz CT molecular complexity index is 737. The molecule has 0 aliphatic heterocycles. The molecule has 2 rings (SSSR count). The molecule has 0 amide bonds. The van der Waals surface area contributed by atoms with E-state index in [0.29, 0.717) is 10.6 Å². The number of nitrogens with two attached hydrogens (primary N) is 1. The highest BCUT2D eigenvalue weighted by molar-refractivity contribution is 7.89. The predicted molar refractivity (Wildman–Crippen MR) is 85.5 cm³/mol. The average Bonchev–Trinajstić information content (AvgIpc) is 2.38. The van der Waals surface area contributed by atoms with Crippen molar-refractivity contribution in [1.82, 2.24) is 4.72 Å². The molecule has 1 atom stereocenters. The molecule has 21 heavy (non-hydrogen) atoms. The van der Waals surface area contributed by atoms with Crippen LogP contribution in [0.25, 0.3) is 0 Å². The lowest BCUT2D eigenvalue weighted by Crippen LogP contribution is -2.27. The lowest BCUT2D eigenvalue weighted by molar-refractivity contribution is 0.566. The number of benzene rings is 2. The Morgan fingerprint density at radius 2 is 1.67 bits per heavy atom. The van der Waals surface area contributed by atoms with E-state index in [1.807, 2.05) is 32.0 Å². The second-order valence-corrected chi connectivity index (χ2v) is 6.96. The molecule has 2 aromatic rings. The number of rotatable bonds is 4. The lowest BCUT2D eigenvalue weighted by Gasteiger charge is -2.16. The summed E-state index contributed by atoms with van der Waals surface area (Å²) in [6.45, 7) is 5.55. The zero-order chi connectivity index (χ0) is 15.6. The number of nitrogens with one attached hydrogen (secondary N) is 1. The molecule has 0 aromatic heterocycles. The van der Waals surface area contributed by atoms with Gasteiger partial charge in [0, 0.05) is 11.7 Å². The summed E-state index contributed by atoms with van der Waals surface area (Å²) in [7, 11) is -3.55. The Labute approximate surface area is 126 Å². The number of hydrogen-bond donors (Lipinski definition) is 2. The first-order chi connectivity index (χ1) is 9.79. The monoisotopic (exact) mass is 304 g/mol. The van der Waals surface area contributed by atoms with E-state index in [-0.39, 0.29) is 6.04 Å². The van der Waals surface area contributed by atoms with Crippen molar-refractivity contribution in [2.75, 3.05) is 5.73 Å². The van der Waals surface area contributed by atoms with Crippen molar-refractivity contribution in [3.05, 3.63) is 59.2 Å². The fourth-order valence-corrected chi connectivity index (χ4v) is 3.71. The van der Waals surface area contributed by atoms with Crippen LogP contribution in [0, 0.1) is 13.8 Å². The Balaban J connectivity index is 2.26. The minimum absolute atomic E-state index is 0.315. The van der Waals surface area contributed by atoms with Gasteiger partial charge in [0.15, 0.2) is 0 Å². The van der Waals surface area contributed by atoms with Crippen LogP contribution in [0.3, 0.4) is 0 Å². The van der Waals surface area contributed by atoms with Crippen molar-refractivity contribution in [3.63, 3.8) is 0 Å². The van der Waals surface area contributed by atoms with Crippen LogP contribution in [0.1, 0.15) is 29.7 Å². The molecule has 0 aliphatic carbocycles. The fraction of sp³-hybridized carbons (Fsp3) is 0.250. The van der Waals surface area contributed by atoms with E-state index >= 15 is 0 Å². The van der Waals surface area contributed by atoms with Crippen LogP contribution in [0.4, 0.5) is 5.69 Å². The Hall–Kier alpha value is -1.85. The highest BCUT2D eigenvalue weighted by Gasteiger charge is 2.20. The van der Waals surface area contributed by atoms with Crippen LogP contribution in [-0.2, 0) is 10.0 Å². The highest BCUT2D eigenvalue weighted by Crippen LogP contribution is 2.21. The SMILES string of the molecule is Cc1ccc(S(=O)(=O)NC(C)c2ccc(N)cc2)c(C)c1. The molecule has 0 saturated carbocycles. The minimum Gasteiger partial charge on any atom is -0.399 e. The molecule has 5 heteroatoms. The van der Waals surface area contributed by atoms with Gasteiger partial charge in [0.05, 0.1) is 4.90 Å². The molecule has 0 spiro atoms. The van der Waals surface area contributed by atoms with Crippen LogP contribution >= 0.6 is 0 Å². The van der Waals surface area contributed by atoms with E-state index in [2.05, 4.69) is 4.72 Å². The second-order valence-electron chi connectivity index (χ2n) is 5.28. The third-order valence-electron chi connectivity index (χ3n) is 3.39. The molecule has 0 aliphatic rings. The molecule has 2 aromatic carbocycles. The van der Waals surface area contributed by atoms with Crippen molar-refractivity contribution in [3.8, 4) is 0 Å². The van der Waals surface area contributed by atoms with Gasteiger partial charge < -0.3 is 5.73 Å². The quantitative estimate of drug-likeness (QED) is 0.853.